The van der Waals surface area contributed by atoms with Crippen molar-refractivity contribution in [2.75, 3.05) is 0 Å². The van der Waals surface area contributed by atoms with Gasteiger partial charge >= 0.3 is 0 Å². The molecule has 0 saturated heterocycles. The van der Waals surface area contributed by atoms with Crippen LogP contribution in [0.3, 0.4) is 0 Å². The van der Waals surface area contributed by atoms with Crippen LogP contribution in [0.5, 0.6) is 0 Å². The SMILES string of the molecule is CC1(C)C2CC=CC=C2C2=CC=CCC21. The topological polar surface area (TPSA) is 0 Å². The fourth-order valence-corrected chi connectivity index (χ4v) is 3.51. The maximum absolute atomic E-state index is 2.44. The van der Waals surface area contributed by atoms with Crippen LogP contribution in [0.1, 0.15) is 26.7 Å². The molecule has 0 aromatic heterocycles. The molecule has 15 heavy (non-hydrogen) atoms. The molecule has 78 valence electrons. The van der Waals surface area contributed by atoms with E-state index in [4.69, 9.17) is 0 Å². The average molecular weight is 198 g/mol. The van der Waals surface area contributed by atoms with Crippen molar-refractivity contribution in [2.45, 2.75) is 26.7 Å². The molecule has 3 aliphatic carbocycles. The summed E-state index contributed by atoms with van der Waals surface area (Å²) in [6, 6.07) is 0. The van der Waals surface area contributed by atoms with Crippen molar-refractivity contribution >= 4 is 0 Å². The molecule has 0 spiro atoms. The van der Waals surface area contributed by atoms with Crippen LogP contribution in [-0.4, -0.2) is 0 Å². The second kappa shape index (κ2) is 2.98. The highest BCUT2D eigenvalue weighted by Crippen LogP contribution is 2.58. The van der Waals surface area contributed by atoms with E-state index < -0.39 is 0 Å². The van der Waals surface area contributed by atoms with Gasteiger partial charge in [0.2, 0.25) is 0 Å². The van der Waals surface area contributed by atoms with Gasteiger partial charge in [-0.1, -0.05) is 50.3 Å². The highest BCUT2D eigenvalue weighted by Gasteiger charge is 2.48. The maximum Gasteiger partial charge on any atom is -0.00672 e. The third-order valence-corrected chi connectivity index (χ3v) is 4.45. The molecule has 1 saturated carbocycles. The van der Waals surface area contributed by atoms with Crippen LogP contribution in [-0.2, 0) is 0 Å². The summed E-state index contributed by atoms with van der Waals surface area (Å²) < 4.78 is 0. The van der Waals surface area contributed by atoms with E-state index in [1.165, 1.54) is 12.8 Å². The molecule has 0 N–H and O–H groups in total. The van der Waals surface area contributed by atoms with Crippen LogP contribution >= 0.6 is 0 Å². The van der Waals surface area contributed by atoms with Crippen molar-refractivity contribution in [1.29, 1.82) is 0 Å². The predicted molar refractivity (Wildman–Crippen MR) is 64.4 cm³/mol. The molecule has 0 aromatic rings. The fourth-order valence-electron chi connectivity index (χ4n) is 3.51. The van der Waals surface area contributed by atoms with Crippen LogP contribution in [0, 0.1) is 17.3 Å². The third kappa shape index (κ3) is 1.14. The van der Waals surface area contributed by atoms with Gasteiger partial charge in [0.15, 0.2) is 0 Å². The molecular formula is C15H18. The molecule has 0 aromatic carbocycles. The van der Waals surface area contributed by atoms with Crippen molar-refractivity contribution in [1.82, 2.24) is 0 Å². The molecule has 0 heteroatoms. The van der Waals surface area contributed by atoms with Gasteiger partial charge in [-0.05, 0) is 41.2 Å². The van der Waals surface area contributed by atoms with Gasteiger partial charge in [0.05, 0.1) is 0 Å². The molecule has 3 rings (SSSR count). The summed E-state index contributed by atoms with van der Waals surface area (Å²) in [6.45, 7) is 4.88. The molecule has 0 amide bonds. The fraction of sp³-hybridized carbons (Fsp3) is 0.467. The molecule has 0 aliphatic heterocycles. The Kier molecular flexibility index (Phi) is 1.83. The lowest BCUT2D eigenvalue weighted by atomic mass is 9.71. The Hall–Kier alpha value is -1.04. The molecule has 2 atom stereocenters. The van der Waals surface area contributed by atoms with E-state index in [1.54, 1.807) is 11.1 Å². The number of allylic oxidation sites excluding steroid dienone is 8. The Balaban J connectivity index is 2.14. The first-order chi connectivity index (χ1) is 7.21. The maximum atomic E-state index is 2.44. The van der Waals surface area contributed by atoms with Crippen molar-refractivity contribution < 1.29 is 0 Å². The minimum absolute atomic E-state index is 0.438. The first-order valence-electron chi connectivity index (χ1n) is 5.95. The summed E-state index contributed by atoms with van der Waals surface area (Å²) >= 11 is 0. The van der Waals surface area contributed by atoms with Crippen molar-refractivity contribution in [3.05, 3.63) is 47.6 Å². The van der Waals surface area contributed by atoms with Gasteiger partial charge in [0.1, 0.15) is 0 Å². The highest BCUT2D eigenvalue weighted by atomic mass is 14.5. The lowest BCUT2D eigenvalue weighted by molar-refractivity contribution is 0.208. The van der Waals surface area contributed by atoms with E-state index >= 15 is 0 Å². The van der Waals surface area contributed by atoms with Gasteiger partial charge in [0, 0.05) is 0 Å². The Morgan fingerprint density at radius 3 is 1.87 bits per heavy atom. The predicted octanol–water partition coefficient (Wildman–Crippen LogP) is 4.03. The van der Waals surface area contributed by atoms with Crippen LogP contribution in [0.2, 0.25) is 0 Å². The minimum Gasteiger partial charge on any atom is -0.0839 e. The Bertz CT molecular complexity index is 364. The zero-order valence-electron chi connectivity index (χ0n) is 9.53. The number of hydrogen-bond donors (Lipinski definition) is 0. The molecule has 1 fully saturated rings. The molecule has 0 bridgehead atoms. The standard InChI is InChI=1S/C15H18/c1-15(2)13-9-5-3-7-11(13)12-8-4-6-10-14(12)15/h3-8,13-14H,9-10H2,1-2H3. The van der Waals surface area contributed by atoms with E-state index in [0.29, 0.717) is 5.41 Å². The lowest BCUT2D eigenvalue weighted by Gasteiger charge is -2.33. The summed E-state index contributed by atoms with van der Waals surface area (Å²) in [5.41, 5.74) is 3.65. The van der Waals surface area contributed by atoms with Gasteiger partial charge in [-0.15, -0.1) is 0 Å². The summed E-state index contributed by atoms with van der Waals surface area (Å²) in [5.74, 6) is 1.50. The van der Waals surface area contributed by atoms with Crippen LogP contribution in [0.4, 0.5) is 0 Å². The molecule has 3 aliphatic rings. The summed E-state index contributed by atoms with van der Waals surface area (Å²) in [7, 11) is 0. The van der Waals surface area contributed by atoms with E-state index in [9.17, 15) is 0 Å². The van der Waals surface area contributed by atoms with Crippen molar-refractivity contribution in [2.24, 2.45) is 17.3 Å². The highest BCUT2D eigenvalue weighted by molar-refractivity contribution is 5.49. The Morgan fingerprint density at radius 1 is 0.933 bits per heavy atom. The smallest absolute Gasteiger partial charge is 0.00672 e. The molecule has 0 heterocycles. The first-order valence-corrected chi connectivity index (χ1v) is 5.95. The normalized spacial score (nSPS) is 35.6. The minimum atomic E-state index is 0.438. The van der Waals surface area contributed by atoms with Gasteiger partial charge in [0.25, 0.3) is 0 Å². The third-order valence-electron chi connectivity index (χ3n) is 4.45. The molecular weight excluding hydrogens is 180 g/mol. The largest absolute Gasteiger partial charge is 0.0839 e. The van der Waals surface area contributed by atoms with Crippen LogP contribution in [0.25, 0.3) is 0 Å². The van der Waals surface area contributed by atoms with Crippen LogP contribution < -0.4 is 0 Å². The van der Waals surface area contributed by atoms with Crippen molar-refractivity contribution in [3.8, 4) is 0 Å². The summed E-state index contributed by atoms with van der Waals surface area (Å²) in [6.07, 6.45) is 16.2. The summed E-state index contributed by atoms with van der Waals surface area (Å²) in [5, 5.41) is 0. The lowest BCUT2D eigenvalue weighted by Crippen LogP contribution is -2.25. The average Bonchev–Trinajstić information content (AvgIpc) is 2.51. The number of fused-ring (bicyclic) bond motifs is 3. The quantitative estimate of drug-likeness (QED) is 0.551. The van der Waals surface area contributed by atoms with E-state index in [0.717, 1.165) is 11.8 Å². The number of rotatable bonds is 0. The molecule has 0 nitrogen and oxygen atoms in total. The summed E-state index contributed by atoms with van der Waals surface area (Å²) in [4.78, 5) is 0. The molecule has 2 unspecified atom stereocenters. The zero-order valence-corrected chi connectivity index (χ0v) is 9.53. The molecule has 0 radical (unpaired) electrons. The van der Waals surface area contributed by atoms with E-state index in [2.05, 4.69) is 50.3 Å². The monoisotopic (exact) mass is 198 g/mol. The van der Waals surface area contributed by atoms with Crippen molar-refractivity contribution in [3.63, 3.8) is 0 Å². The van der Waals surface area contributed by atoms with E-state index in [1.807, 2.05) is 0 Å². The zero-order chi connectivity index (χ0) is 10.5. The Labute approximate surface area is 92.1 Å². The van der Waals surface area contributed by atoms with Crippen LogP contribution in [0.15, 0.2) is 47.6 Å². The van der Waals surface area contributed by atoms with E-state index in [-0.39, 0.29) is 0 Å². The second-order valence-corrected chi connectivity index (χ2v) is 5.50. The first kappa shape index (κ1) is 9.21. The number of hydrogen-bond acceptors (Lipinski definition) is 0. The Morgan fingerprint density at radius 2 is 1.40 bits per heavy atom. The van der Waals surface area contributed by atoms with Gasteiger partial charge < -0.3 is 0 Å². The van der Waals surface area contributed by atoms with Gasteiger partial charge in [-0.25, -0.2) is 0 Å². The van der Waals surface area contributed by atoms with Gasteiger partial charge in [-0.2, -0.15) is 0 Å². The second-order valence-electron chi connectivity index (χ2n) is 5.50. The van der Waals surface area contributed by atoms with Gasteiger partial charge in [-0.3, -0.25) is 0 Å².